The monoisotopic (exact) mass is 262 g/mol. The minimum atomic E-state index is 0.637. The lowest BCUT2D eigenvalue weighted by molar-refractivity contribution is 0.866. The fraction of sp³-hybridized carbons (Fsp3) is 0.385. The molecule has 0 saturated carbocycles. The molecule has 5 heteroatoms. The molecule has 2 rings (SSSR count). The van der Waals surface area contributed by atoms with Gasteiger partial charge >= 0.3 is 0 Å². The van der Waals surface area contributed by atoms with Crippen LogP contribution in [0.2, 0.25) is 0 Å². The van der Waals surface area contributed by atoms with Crippen LogP contribution in [0.1, 0.15) is 13.8 Å². The first-order chi connectivity index (χ1) is 8.67. The second-order valence-electron chi connectivity index (χ2n) is 4.13. The Balaban J connectivity index is 2.33. The van der Waals surface area contributed by atoms with Gasteiger partial charge in [-0.1, -0.05) is 0 Å². The van der Waals surface area contributed by atoms with Crippen molar-refractivity contribution in [3.8, 4) is 11.4 Å². The van der Waals surface area contributed by atoms with Gasteiger partial charge in [0.1, 0.15) is 0 Å². The quantitative estimate of drug-likeness (QED) is 0.861. The molecule has 0 unspecified atom stereocenters. The smallest absolute Gasteiger partial charge is 0.195 e. The van der Waals surface area contributed by atoms with Gasteiger partial charge in [-0.05, 0) is 50.3 Å². The van der Waals surface area contributed by atoms with Crippen molar-refractivity contribution in [2.45, 2.75) is 13.8 Å². The van der Waals surface area contributed by atoms with Gasteiger partial charge < -0.3 is 9.47 Å². The number of nitrogens with zero attached hydrogens (tertiary/aromatic N) is 3. The Kier molecular flexibility index (Phi) is 3.81. The Bertz CT molecular complexity index is 563. The first-order valence-corrected chi connectivity index (χ1v) is 6.55. The van der Waals surface area contributed by atoms with Crippen LogP contribution >= 0.6 is 12.2 Å². The Hall–Kier alpha value is -1.62. The number of hydrogen-bond donors (Lipinski definition) is 1. The van der Waals surface area contributed by atoms with E-state index in [1.165, 1.54) is 5.69 Å². The first-order valence-electron chi connectivity index (χ1n) is 6.14. The molecule has 0 saturated heterocycles. The molecule has 96 valence electrons. The van der Waals surface area contributed by atoms with Crippen LogP contribution in [0.4, 0.5) is 5.69 Å². The highest BCUT2D eigenvalue weighted by atomic mass is 32.1. The molecule has 0 aliphatic heterocycles. The highest BCUT2D eigenvalue weighted by Gasteiger charge is 2.06. The van der Waals surface area contributed by atoms with Crippen LogP contribution in [0, 0.1) is 4.77 Å². The minimum absolute atomic E-state index is 0.637. The van der Waals surface area contributed by atoms with Gasteiger partial charge in [-0.25, -0.2) is 0 Å². The van der Waals surface area contributed by atoms with Crippen molar-refractivity contribution in [2.24, 2.45) is 7.05 Å². The summed E-state index contributed by atoms with van der Waals surface area (Å²) in [7, 11) is 1.92. The molecule has 0 bridgehead atoms. The molecule has 2 aromatic rings. The molecule has 0 radical (unpaired) electrons. The lowest BCUT2D eigenvalue weighted by Gasteiger charge is -2.21. The standard InChI is InChI=1S/C13H18N4S/c1-4-17(5-2)11-8-6-10(7-9-11)12-14-15-13(18)16(12)3/h6-9H,4-5H2,1-3H3,(H,15,18). The first kappa shape index (κ1) is 12.8. The number of rotatable bonds is 4. The van der Waals surface area contributed by atoms with E-state index in [4.69, 9.17) is 12.2 Å². The van der Waals surface area contributed by atoms with Crippen molar-refractivity contribution in [1.82, 2.24) is 14.8 Å². The predicted molar refractivity (Wildman–Crippen MR) is 77.4 cm³/mol. The SMILES string of the molecule is CCN(CC)c1ccc(-c2n[nH]c(=S)n2C)cc1. The van der Waals surface area contributed by atoms with Gasteiger partial charge in [-0.3, -0.25) is 5.10 Å². The van der Waals surface area contributed by atoms with Crippen LogP contribution in [0.15, 0.2) is 24.3 Å². The molecule has 1 N–H and O–H groups in total. The van der Waals surface area contributed by atoms with Crippen LogP contribution in [0.25, 0.3) is 11.4 Å². The molecule has 1 aromatic carbocycles. The summed E-state index contributed by atoms with van der Waals surface area (Å²) in [6.45, 7) is 6.36. The topological polar surface area (TPSA) is 36.9 Å². The minimum Gasteiger partial charge on any atom is -0.372 e. The van der Waals surface area contributed by atoms with Gasteiger partial charge in [0, 0.05) is 31.4 Å². The number of aromatic nitrogens is 3. The van der Waals surface area contributed by atoms with Crippen molar-refractivity contribution in [1.29, 1.82) is 0 Å². The normalized spacial score (nSPS) is 10.6. The van der Waals surface area contributed by atoms with Crippen molar-refractivity contribution < 1.29 is 0 Å². The van der Waals surface area contributed by atoms with Crippen molar-refractivity contribution >= 4 is 17.9 Å². The Morgan fingerprint density at radius 1 is 1.22 bits per heavy atom. The van der Waals surface area contributed by atoms with Crippen LogP contribution in [0.3, 0.4) is 0 Å². The van der Waals surface area contributed by atoms with E-state index >= 15 is 0 Å². The summed E-state index contributed by atoms with van der Waals surface area (Å²) in [4.78, 5) is 2.31. The van der Waals surface area contributed by atoms with E-state index in [1.54, 1.807) is 0 Å². The van der Waals surface area contributed by atoms with Crippen LogP contribution in [-0.4, -0.2) is 27.9 Å². The lowest BCUT2D eigenvalue weighted by Crippen LogP contribution is -2.21. The van der Waals surface area contributed by atoms with E-state index < -0.39 is 0 Å². The number of anilines is 1. The summed E-state index contributed by atoms with van der Waals surface area (Å²) in [5, 5.41) is 7.03. The van der Waals surface area contributed by atoms with Gasteiger partial charge in [0.25, 0.3) is 0 Å². The van der Waals surface area contributed by atoms with Gasteiger partial charge in [0.15, 0.2) is 10.6 Å². The molecule has 0 spiro atoms. The fourth-order valence-corrected chi connectivity index (χ4v) is 2.15. The summed E-state index contributed by atoms with van der Waals surface area (Å²) >= 11 is 5.12. The summed E-state index contributed by atoms with van der Waals surface area (Å²) in [6, 6.07) is 8.41. The Labute approximate surface area is 112 Å². The maximum absolute atomic E-state index is 5.12. The Morgan fingerprint density at radius 2 is 1.83 bits per heavy atom. The zero-order chi connectivity index (χ0) is 13.1. The van der Waals surface area contributed by atoms with Crippen LogP contribution in [-0.2, 0) is 7.05 Å². The van der Waals surface area contributed by atoms with Crippen molar-refractivity contribution in [3.05, 3.63) is 29.0 Å². The second-order valence-corrected chi connectivity index (χ2v) is 4.52. The van der Waals surface area contributed by atoms with E-state index in [-0.39, 0.29) is 0 Å². The van der Waals surface area contributed by atoms with E-state index in [2.05, 4.69) is 53.2 Å². The van der Waals surface area contributed by atoms with Gasteiger partial charge in [0.05, 0.1) is 0 Å². The summed E-state index contributed by atoms with van der Waals surface area (Å²) in [6.07, 6.45) is 0. The van der Waals surface area contributed by atoms with Gasteiger partial charge in [0.2, 0.25) is 0 Å². The number of nitrogens with one attached hydrogen (secondary N) is 1. The molecule has 1 heterocycles. The van der Waals surface area contributed by atoms with Crippen LogP contribution in [0.5, 0.6) is 0 Å². The molecular formula is C13H18N4S. The largest absolute Gasteiger partial charge is 0.372 e. The van der Waals surface area contributed by atoms with E-state index in [0.29, 0.717) is 4.77 Å². The molecule has 0 amide bonds. The van der Waals surface area contributed by atoms with E-state index in [1.807, 2.05) is 11.6 Å². The van der Waals surface area contributed by atoms with Gasteiger partial charge in [-0.15, -0.1) is 0 Å². The Morgan fingerprint density at radius 3 is 2.28 bits per heavy atom. The number of aromatic amines is 1. The summed E-state index contributed by atoms with van der Waals surface area (Å²) in [5.74, 6) is 0.867. The maximum atomic E-state index is 5.12. The third kappa shape index (κ3) is 2.31. The number of H-pyrrole nitrogens is 1. The average molecular weight is 262 g/mol. The molecule has 1 aromatic heterocycles. The summed E-state index contributed by atoms with van der Waals surface area (Å²) < 4.78 is 2.51. The van der Waals surface area contributed by atoms with Crippen LogP contribution < -0.4 is 4.90 Å². The molecule has 0 aliphatic carbocycles. The molecular weight excluding hydrogens is 244 g/mol. The molecule has 0 aliphatic rings. The van der Waals surface area contributed by atoms with Crippen molar-refractivity contribution in [3.63, 3.8) is 0 Å². The third-order valence-electron chi connectivity index (χ3n) is 3.13. The molecule has 0 fully saturated rings. The highest BCUT2D eigenvalue weighted by Crippen LogP contribution is 2.21. The fourth-order valence-electron chi connectivity index (χ4n) is 2.02. The number of hydrogen-bond acceptors (Lipinski definition) is 3. The number of benzene rings is 1. The van der Waals surface area contributed by atoms with Gasteiger partial charge in [-0.2, -0.15) is 5.10 Å². The molecule has 18 heavy (non-hydrogen) atoms. The highest BCUT2D eigenvalue weighted by molar-refractivity contribution is 7.71. The average Bonchev–Trinajstić information content (AvgIpc) is 2.73. The molecule has 4 nitrogen and oxygen atoms in total. The lowest BCUT2D eigenvalue weighted by atomic mass is 10.2. The predicted octanol–water partition coefficient (Wildman–Crippen LogP) is 2.99. The zero-order valence-corrected chi connectivity index (χ0v) is 11.8. The van der Waals surface area contributed by atoms with E-state index in [9.17, 15) is 0 Å². The third-order valence-corrected chi connectivity index (χ3v) is 3.50. The molecule has 0 atom stereocenters. The maximum Gasteiger partial charge on any atom is 0.195 e. The van der Waals surface area contributed by atoms with Crippen molar-refractivity contribution in [2.75, 3.05) is 18.0 Å². The van der Waals surface area contributed by atoms with E-state index in [0.717, 1.165) is 24.5 Å². The zero-order valence-electron chi connectivity index (χ0n) is 11.0. The second kappa shape index (κ2) is 5.35. The summed E-state index contributed by atoms with van der Waals surface area (Å²) in [5.41, 5.74) is 2.31.